The van der Waals surface area contributed by atoms with Crippen molar-refractivity contribution in [1.82, 2.24) is 24.5 Å². The lowest BCUT2D eigenvalue weighted by atomic mass is 10.1. The van der Waals surface area contributed by atoms with Crippen LogP contribution in [0.1, 0.15) is 45.2 Å². The Balaban J connectivity index is 0.00000216. The second kappa shape index (κ2) is 7.72. The highest BCUT2D eigenvalue weighted by atomic mass is 35.5. The average molecular weight is 452 g/mol. The van der Waals surface area contributed by atoms with E-state index in [9.17, 15) is 9.59 Å². The summed E-state index contributed by atoms with van der Waals surface area (Å²) in [7, 11) is 0. The minimum Gasteiger partial charge on any atom is -0.381 e. The highest BCUT2D eigenvalue weighted by Gasteiger charge is 2.27. The predicted molar refractivity (Wildman–Crippen MR) is 121 cm³/mol. The topological polar surface area (TPSA) is 92.6 Å². The van der Waals surface area contributed by atoms with E-state index in [1.54, 1.807) is 6.07 Å². The largest absolute Gasteiger partial charge is 0.381 e. The fourth-order valence-electron chi connectivity index (χ4n) is 4.72. The van der Waals surface area contributed by atoms with Crippen LogP contribution >= 0.6 is 12.4 Å². The molecule has 6 rings (SSSR count). The summed E-state index contributed by atoms with van der Waals surface area (Å²) in [5.41, 5.74) is 5.14. The molecule has 0 spiro atoms. The maximum atomic E-state index is 13.3. The number of H-pyrrole nitrogens is 1. The van der Waals surface area contributed by atoms with E-state index in [1.165, 1.54) is 11.1 Å². The van der Waals surface area contributed by atoms with Crippen LogP contribution in [0.5, 0.6) is 0 Å². The van der Waals surface area contributed by atoms with Crippen LogP contribution in [0.2, 0.25) is 0 Å². The molecule has 0 aliphatic carbocycles. The van der Waals surface area contributed by atoms with Crippen LogP contribution in [0.4, 0.5) is 0 Å². The van der Waals surface area contributed by atoms with Crippen LogP contribution in [-0.4, -0.2) is 43.6 Å². The van der Waals surface area contributed by atoms with Crippen molar-refractivity contribution in [2.45, 2.75) is 32.4 Å². The molecule has 8 nitrogen and oxygen atoms in total. The Morgan fingerprint density at radius 3 is 2.59 bits per heavy atom. The Labute approximate surface area is 189 Å². The maximum absolute atomic E-state index is 13.3. The molecule has 1 unspecified atom stereocenters. The first-order valence-corrected chi connectivity index (χ1v) is 10.5. The summed E-state index contributed by atoms with van der Waals surface area (Å²) in [5, 5.41) is 8.42. The van der Waals surface area contributed by atoms with Crippen molar-refractivity contribution in [1.29, 1.82) is 0 Å². The third-order valence-electron chi connectivity index (χ3n) is 6.38. The van der Waals surface area contributed by atoms with Crippen molar-refractivity contribution in [3.05, 3.63) is 74.8 Å². The zero-order chi connectivity index (χ0) is 21.1. The van der Waals surface area contributed by atoms with Gasteiger partial charge in [-0.3, -0.25) is 14.0 Å². The Kier molecular flexibility index (Phi) is 4.98. The third kappa shape index (κ3) is 3.10. The molecular weight excluding hydrogens is 430 g/mol. The first-order valence-electron chi connectivity index (χ1n) is 10.5. The lowest BCUT2D eigenvalue weighted by molar-refractivity contribution is 0.0751. The smallest absolute Gasteiger partial charge is 0.294 e. The van der Waals surface area contributed by atoms with Crippen molar-refractivity contribution in [2.75, 3.05) is 13.2 Å². The molecule has 4 aromatic rings. The summed E-state index contributed by atoms with van der Waals surface area (Å²) in [6.07, 6.45) is 0.847. The Morgan fingerprint density at radius 2 is 1.91 bits per heavy atom. The summed E-state index contributed by atoms with van der Waals surface area (Å²) < 4.78 is 7.33. The number of fused-ring (bicyclic) bond motifs is 4. The standard InChI is InChI=1S/C23H21N5O3.ClH/c1-13-8-19-18(9-17(13)23(30)27-10-14-4-2-3-5-15(14)11-27)24-22(29)21-26-25-20(28(19)21)16-6-7-31-12-16;/h2-5,8-9,16H,6-7,10-12H2,1H3,(H,24,29);1H. The number of aromatic nitrogens is 4. The van der Waals surface area contributed by atoms with Crippen LogP contribution < -0.4 is 5.56 Å². The number of hydrogen-bond donors (Lipinski definition) is 1. The molecule has 2 aliphatic heterocycles. The van der Waals surface area contributed by atoms with Gasteiger partial charge in [0.2, 0.25) is 5.65 Å². The number of ether oxygens (including phenoxy) is 1. The molecule has 1 saturated heterocycles. The molecule has 2 aromatic carbocycles. The first-order chi connectivity index (χ1) is 15.1. The first kappa shape index (κ1) is 20.7. The van der Waals surface area contributed by atoms with Crippen molar-refractivity contribution in [2.24, 2.45) is 0 Å². The van der Waals surface area contributed by atoms with Gasteiger partial charge in [0.25, 0.3) is 11.5 Å². The number of amides is 1. The molecule has 1 atom stereocenters. The molecule has 9 heteroatoms. The van der Waals surface area contributed by atoms with Gasteiger partial charge in [-0.25, -0.2) is 0 Å². The lowest BCUT2D eigenvalue weighted by Crippen LogP contribution is -2.26. The highest BCUT2D eigenvalue weighted by molar-refractivity contribution is 5.99. The minimum absolute atomic E-state index is 0. The van der Waals surface area contributed by atoms with E-state index in [2.05, 4.69) is 27.3 Å². The third-order valence-corrected chi connectivity index (χ3v) is 6.38. The molecule has 164 valence electrons. The maximum Gasteiger partial charge on any atom is 0.294 e. The number of aryl methyl sites for hydroxylation is 1. The summed E-state index contributed by atoms with van der Waals surface area (Å²) in [6.45, 7) is 4.37. The normalized spacial score (nSPS) is 17.7. The van der Waals surface area contributed by atoms with E-state index in [4.69, 9.17) is 4.74 Å². The van der Waals surface area contributed by atoms with Crippen LogP contribution in [-0.2, 0) is 17.8 Å². The van der Waals surface area contributed by atoms with Crippen molar-refractivity contribution in [3.63, 3.8) is 0 Å². The van der Waals surface area contributed by atoms with Crippen LogP contribution in [0.3, 0.4) is 0 Å². The molecule has 0 radical (unpaired) electrons. The molecule has 1 N–H and O–H groups in total. The monoisotopic (exact) mass is 451 g/mol. The fourth-order valence-corrected chi connectivity index (χ4v) is 4.72. The van der Waals surface area contributed by atoms with Crippen molar-refractivity contribution >= 4 is 35.0 Å². The van der Waals surface area contributed by atoms with Gasteiger partial charge >= 0.3 is 0 Å². The van der Waals surface area contributed by atoms with E-state index in [0.717, 1.165) is 23.3 Å². The summed E-state index contributed by atoms with van der Waals surface area (Å²) >= 11 is 0. The number of aromatic amines is 1. The zero-order valence-electron chi connectivity index (χ0n) is 17.5. The van der Waals surface area contributed by atoms with Gasteiger partial charge in [-0.1, -0.05) is 24.3 Å². The molecule has 0 saturated carbocycles. The van der Waals surface area contributed by atoms with Gasteiger partial charge in [0, 0.05) is 31.2 Å². The molecular formula is C23H22ClN5O3. The minimum atomic E-state index is -0.319. The molecule has 32 heavy (non-hydrogen) atoms. The Morgan fingerprint density at radius 1 is 1.16 bits per heavy atom. The summed E-state index contributed by atoms with van der Waals surface area (Å²) in [5.74, 6) is 0.798. The van der Waals surface area contributed by atoms with E-state index in [-0.39, 0.29) is 35.4 Å². The SMILES string of the molecule is Cc1cc2c(cc1C(=O)N1Cc3ccccc3C1)[nH]c(=O)c1nnc(C3CCOC3)n12.Cl. The van der Waals surface area contributed by atoms with Crippen molar-refractivity contribution in [3.8, 4) is 0 Å². The average Bonchev–Trinajstić information content (AvgIpc) is 3.51. The van der Waals surface area contributed by atoms with E-state index in [1.807, 2.05) is 34.4 Å². The number of nitrogens with one attached hydrogen (secondary N) is 1. The van der Waals surface area contributed by atoms with Gasteiger partial charge in [-0.15, -0.1) is 22.6 Å². The quantitative estimate of drug-likeness (QED) is 0.505. The molecule has 1 amide bonds. The molecule has 1 fully saturated rings. The van der Waals surface area contributed by atoms with Gasteiger partial charge in [0.1, 0.15) is 5.82 Å². The molecule has 2 aromatic heterocycles. The predicted octanol–water partition coefficient (Wildman–Crippen LogP) is 2.96. The van der Waals surface area contributed by atoms with Gasteiger partial charge in [0.15, 0.2) is 0 Å². The number of halogens is 1. The van der Waals surface area contributed by atoms with Crippen molar-refractivity contribution < 1.29 is 9.53 Å². The zero-order valence-corrected chi connectivity index (χ0v) is 18.3. The Bertz CT molecular complexity index is 1400. The summed E-state index contributed by atoms with van der Waals surface area (Å²) in [6, 6.07) is 11.8. The molecule has 0 bridgehead atoms. The van der Waals surface area contributed by atoms with E-state index >= 15 is 0 Å². The number of carbonyl (C=O) groups is 1. The van der Waals surface area contributed by atoms with Gasteiger partial charge < -0.3 is 14.6 Å². The molecule has 2 aliphatic rings. The number of benzene rings is 2. The van der Waals surface area contributed by atoms with E-state index in [0.29, 0.717) is 37.4 Å². The highest BCUT2D eigenvalue weighted by Crippen LogP contribution is 2.29. The van der Waals surface area contributed by atoms with Gasteiger partial charge in [-0.2, -0.15) is 0 Å². The number of hydrogen-bond acceptors (Lipinski definition) is 5. The van der Waals surface area contributed by atoms with Crippen LogP contribution in [0.25, 0.3) is 16.7 Å². The van der Waals surface area contributed by atoms with E-state index < -0.39 is 0 Å². The molecule has 4 heterocycles. The number of carbonyl (C=O) groups excluding carboxylic acids is 1. The summed E-state index contributed by atoms with van der Waals surface area (Å²) in [4.78, 5) is 30.8. The second-order valence-electron chi connectivity index (χ2n) is 8.35. The van der Waals surface area contributed by atoms with Gasteiger partial charge in [-0.05, 0) is 42.2 Å². The fraction of sp³-hybridized carbons (Fsp3) is 0.304. The number of rotatable bonds is 2. The Hall–Kier alpha value is -3.23. The van der Waals surface area contributed by atoms with Crippen LogP contribution in [0, 0.1) is 6.92 Å². The van der Waals surface area contributed by atoms with Crippen LogP contribution in [0.15, 0.2) is 41.2 Å². The van der Waals surface area contributed by atoms with Gasteiger partial charge in [0.05, 0.1) is 17.6 Å². The number of nitrogens with zero attached hydrogens (tertiary/aromatic N) is 4. The second-order valence-corrected chi connectivity index (χ2v) is 8.35. The lowest BCUT2D eigenvalue weighted by Gasteiger charge is -2.18.